The van der Waals surface area contributed by atoms with Crippen molar-refractivity contribution in [1.29, 1.82) is 0 Å². The molecule has 1 rings (SSSR count). The predicted octanol–water partition coefficient (Wildman–Crippen LogP) is 2.09. The maximum Gasteiger partial charge on any atom is 0.408 e. The summed E-state index contributed by atoms with van der Waals surface area (Å²) in [4.78, 5) is 16.5. The minimum atomic E-state index is -0.526. The molecule has 0 radical (unpaired) electrons. The van der Waals surface area contributed by atoms with Gasteiger partial charge in [-0.2, -0.15) is 0 Å². The van der Waals surface area contributed by atoms with E-state index in [9.17, 15) is 4.79 Å². The summed E-state index contributed by atoms with van der Waals surface area (Å²) in [5.74, 6) is 0. The highest BCUT2D eigenvalue weighted by Crippen LogP contribution is 2.20. The van der Waals surface area contributed by atoms with Crippen LogP contribution in [-0.4, -0.2) is 28.4 Å². The molecule has 1 aromatic rings. The van der Waals surface area contributed by atoms with Crippen LogP contribution in [0, 0.1) is 0 Å². The topological polar surface area (TPSA) is 71.5 Å². The molecule has 1 aromatic heterocycles. The molecule has 17 heavy (non-hydrogen) atoms. The quantitative estimate of drug-likeness (QED) is 0.867. The minimum Gasteiger partial charge on any atom is -0.444 e. The van der Waals surface area contributed by atoms with Gasteiger partial charge in [0.15, 0.2) is 0 Å². The summed E-state index contributed by atoms with van der Waals surface area (Å²) in [5.41, 5.74) is 1.16. The first-order valence-electron chi connectivity index (χ1n) is 5.41. The van der Waals surface area contributed by atoms with Crippen molar-refractivity contribution in [3.05, 3.63) is 16.6 Å². The summed E-state index contributed by atoms with van der Waals surface area (Å²) in [6.07, 6.45) is 1.65. The monoisotopic (exact) mass is 258 g/mol. The summed E-state index contributed by atoms with van der Waals surface area (Å²) in [6.45, 7) is 5.42. The number of alkyl carbamates (subject to hydrolysis) is 1. The van der Waals surface area contributed by atoms with E-state index in [4.69, 9.17) is 9.84 Å². The fourth-order valence-electron chi connectivity index (χ4n) is 1.26. The van der Waals surface area contributed by atoms with Crippen LogP contribution in [0.5, 0.6) is 0 Å². The van der Waals surface area contributed by atoms with Crippen molar-refractivity contribution in [1.82, 2.24) is 10.3 Å². The van der Waals surface area contributed by atoms with Gasteiger partial charge in [0, 0.05) is 17.7 Å². The number of aromatic nitrogens is 1. The van der Waals surface area contributed by atoms with Gasteiger partial charge in [-0.15, -0.1) is 11.3 Å². The second-order valence-electron chi connectivity index (χ2n) is 4.61. The molecule has 1 amide bonds. The van der Waals surface area contributed by atoms with Crippen LogP contribution in [-0.2, 0) is 4.74 Å². The number of aliphatic hydroxyl groups is 1. The largest absolute Gasteiger partial charge is 0.444 e. The summed E-state index contributed by atoms with van der Waals surface area (Å²) in [5, 5.41) is 11.7. The van der Waals surface area contributed by atoms with Gasteiger partial charge < -0.3 is 15.2 Å². The lowest BCUT2D eigenvalue weighted by Crippen LogP contribution is -2.35. The molecule has 0 aliphatic heterocycles. The maximum atomic E-state index is 11.6. The van der Waals surface area contributed by atoms with Crippen molar-refractivity contribution in [2.75, 3.05) is 6.61 Å². The van der Waals surface area contributed by atoms with E-state index in [1.54, 1.807) is 32.5 Å². The SMILES string of the molecule is CC(C)(C)OC(=O)N[C@@H](CCO)c1cncs1. The van der Waals surface area contributed by atoms with Crippen molar-refractivity contribution >= 4 is 17.4 Å². The number of amides is 1. The van der Waals surface area contributed by atoms with Crippen molar-refractivity contribution in [3.63, 3.8) is 0 Å². The van der Waals surface area contributed by atoms with E-state index in [1.165, 1.54) is 11.3 Å². The number of hydrogen-bond donors (Lipinski definition) is 2. The lowest BCUT2D eigenvalue weighted by atomic mass is 10.2. The fourth-order valence-corrected chi connectivity index (χ4v) is 1.97. The maximum absolute atomic E-state index is 11.6. The molecular formula is C11H18N2O3S. The van der Waals surface area contributed by atoms with Gasteiger partial charge in [0.05, 0.1) is 11.6 Å². The molecule has 5 nitrogen and oxygen atoms in total. The van der Waals surface area contributed by atoms with Gasteiger partial charge in [0.2, 0.25) is 0 Å². The molecule has 0 fully saturated rings. The number of thiazole rings is 1. The second kappa shape index (κ2) is 5.97. The van der Waals surface area contributed by atoms with Gasteiger partial charge in [-0.3, -0.25) is 4.98 Å². The second-order valence-corrected chi connectivity index (χ2v) is 5.53. The Bertz CT molecular complexity index is 346. The van der Waals surface area contributed by atoms with Crippen LogP contribution in [0.1, 0.15) is 38.1 Å². The lowest BCUT2D eigenvalue weighted by molar-refractivity contribution is 0.0497. The Morgan fingerprint density at radius 2 is 2.35 bits per heavy atom. The Morgan fingerprint density at radius 1 is 1.65 bits per heavy atom. The zero-order valence-corrected chi connectivity index (χ0v) is 11.1. The van der Waals surface area contributed by atoms with Crippen LogP contribution >= 0.6 is 11.3 Å². The molecule has 0 spiro atoms. The predicted molar refractivity (Wildman–Crippen MR) is 65.9 cm³/mol. The van der Waals surface area contributed by atoms with Crippen LogP contribution in [0.4, 0.5) is 4.79 Å². The Kier molecular flexibility index (Phi) is 4.89. The third kappa shape index (κ3) is 5.14. The molecule has 0 saturated carbocycles. The van der Waals surface area contributed by atoms with Crippen LogP contribution in [0.25, 0.3) is 0 Å². The van der Waals surface area contributed by atoms with Gasteiger partial charge in [-0.05, 0) is 27.2 Å². The smallest absolute Gasteiger partial charge is 0.408 e. The molecular weight excluding hydrogens is 240 g/mol. The summed E-state index contributed by atoms with van der Waals surface area (Å²) < 4.78 is 5.17. The highest BCUT2D eigenvalue weighted by atomic mass is 32.1. The number of hydrogen-bond acceptors (Lipinski definition) is 5. The summed E-state index contributed by atoms with van der Waals surface area (Å²) >= 11 is 1.44. The Balaban J connectivity index is 2.59. The first-order chi connectivity index (χ1) is 7.92. The molecule has 0 aliphatic carbocycles. The van der Waals surface area contributed by atoms with E-state index in [1.807, 2.05) is 0 Å². The highest BCUT2D eigenvalue weighted by molar-refractivity contribution is 7.09. The molecule has 0 bridgehead atoms. The molecule has 0 aliphatic rings. The number of rotatable bonds is 4. The third-order valence-electron chi connectivity index (χ3n) is 1.90. The third-order valence-corrected chi connectivity index (χ3v) is 2.79. The molecule has 1 atom stereocenters. The number of carbonyl (C=O) groups is 1. The minimum absolute atomic E-state index is 0.00162. The summed E-state index contributed by atoms with van der Waals surface area (Å²) in [6, 6.07) is -0.248. The van der Waals surface area contributed by atoms with Crippen molar-refractivity contribution in [2.24, 2.45) is 0 Å². The van der Waals surface area contributed by atoms with Gasteiger partial charge in [-0.1, -0.05) is 0 Å². The molecule has 0 unspecified atom stereocenters. The van der Waals surface area contributed by atoms with Crippen molar-refractivity contribution < 1.29 is 14.6 Å². The highest BCUT2D eigenvalue weighted by Gasteiger charge is 2.20. The van der Waals surface area contributed by atoms with Crippen molar-refractivity contribution in [3.8, 4) is 0 Å². The molecule has 0 saturated heterocycles. The number of aliphatic hydroxyl groups excluding tert-OH is 1. The van der Waals surface area contributed by atoms with Crippen LogP contribution in [0.2, 0.25) is 0 Å². The first-order valence-corrected chi connectivity index (χ1v) is 6.29. The lowest BCUT2D eigenvalue weighted by Gasteiger charge is -2.22. The Morgan fingerprint density at radius 3 is 2.82 bits per heavy atom. The van der Waals surface area contributed by atoms with Crippen molar-refractivity contribution in [2.45, 2.75) is 38.8 Å². The molecule has 96 valence electrons. The van der Waals surface area contributed by atoms with E-state index in [-0.39, 0.29) is 12.6 Å². The standard InChI is InChI=1S/C11H18N2O3S/c1-11(2,3)16-10(15)13-8(4-5-14)9-6-12-7-17-9/h6-8,14H,4-5H2,1-3H3,(H,13,15)/t8-/m0/s1. The van der Waals surface area contributed by atoms with E-state index in [0.29, 0.717) is 6.42 Å². The average molecular weight is 258 g/mol. The number of ether oxygens (including phenoxy) is 1. The zero-order valence-electron chi connectivity index (χ0n) is 10.3. The van der Waals surface area contributed by atoms with E-state index in [0.717, 1.165) is 4.88 Å². The Labute approximate surface area is 105 Å². The number of carbonyl (C=O) groups excluding carboxylic acids is 1. The molecule has 6 heteroatoms. The Hall–Kier alpha value is -1.14. The van der Waals surface area contributed by atoms with Gasteiger partial charge >= 0.3 is 6.09 Å². The van der Waals surface area contributed by atoms with E-state index in [2.05, 4.69) is 10.3 Å². The number of nitrogens with zero attached hydrogens (tertiary/aromatic N) is 1. The normalized spacial score (nSPS) is 13.2. The van der Waals surface area contributed by atoms with Gasteiger partial charge in [-0.25, -0.2) is 4.79 Å². The molecule has 2 N–H and O–H groups in total. The van der Waals surface area contributed by atoms with Crippen LogP contribution < -0.4 is 5.32 Å². The first kappa shape index (κ1) is 13.9. The van der Waals surface area contributed by atoms with Gasteiger partial charge in [0.25, 0.3) is 0 Å². The van der Waals surface area contributed by atoms with Crippen LogP contribution in [0.3, 0.4) is 0 Å². The molecule has 1 heterocycles. The van der Waals surface area contributed by atoms with E-state index >= 15 is 0 Å². The average Bonchev–Trinajstić information content (AvgIpc) is 2.66. The summed E-state index contributed by atoms with van der Waals surface area (Å²) in [7, 11) is 0. The van der Waals surface area contributed by atoms with E-state index < -0.39 is 11.7 Å². The fraction of sp³-hybridized carbons (Fsp3) is 0.636. The van der Waals surface area contributed by atoms with Gasteiger partial charge in [0.1, 0.15) is 5.60 Å². The zero-order chi connectivity index (χ0) is 12.9. The molecule has 0 aromatic carbocycles. The van der Waals surface area contributed by atoms with Crippen LogP contribution in [0.15, 0.2) is 11.7 Å². The number of nitrogens with one attached hydrogen (secondary N) is 1.